The highest BCUT2D eigenvalue weighted by Gasteiger charge is 2.01. The van der Waals surface area contributed by atoms with Crippen LogP contribution in [-0.4, -0.2) is 28.2 Å². The van der Waals surface area contributed by atoms with Gasteiger partial charge in [0.1, 0.15) is 17.5 Å². The van der Waals surface area contributed by atoms with Gasteiger partial charge >= 0.3 is 0 Å². The van der Waals surface area contributed by atoms with Crippen LogP contribution in [0.15, 0.2) is 6.07 Å². The molecule has 0 aromatic carbocycles. The average Bonchev–Trinajstić information content (AvgIpc) is 2.42. The van der Waals surface area contributed by atoms with E-state index >= 15 is 0 Å². The first kappa shape index (κ1) is 14.7. The third-order valence-corrected chi connectivity index (χ3v) is 2.63. The number of nitrogen functional groups attached to an aromatic ring is 1. The molecule has 1 aromatic heterocycles. The second-order valence-corrected chi connectivity index (χ2v) is 4.12. The van der Waals surface area contributed by atoms with Crippen LogP contribution in [0.2, 0.25) is 0 Å². The van der Waals surface area contributed by atoms with E-state index < -0.39 is 0 Å². The molecule has 0 radical (unpaired) electrons. The van der Waals surface area contributed by atoms with Crippen molar-refractivity contribution in [3.63, 3.8) is 0 Å². The predicted molar refractivity (Wildman–Crippen MR) is 73.3 cm³/mol. The fraction of sp³-hybridized carbons (Fsp3) is 0.667. The number of nitrogens with zero attached hydrogens (tertiary/aromatic N) is 2. The van der Waals surface area contributed by atoms with E-state index in [2.05, 4.69) is 20.7 Å². The van der Waals surface area contributed by atoms with Crippen LogP contribution in [0.25, 0.3) is 0 Å². The Morgan fingerprint density at radius 1 is 1.17 bits per heavy atom. The van der Waals surface area contributed by atoms with E-state index in [1.54, 1.807) is 6.07 Å². The lowest BCUT2D eigenvalue weighted by Crippen LogP contribution is -2.12. The summed E-state index contributed by atoms with van der Waals surface area (Å²) in [6, 6.07) is 1.80. The van der Waals surface area contributed by atoms with E-state index in [1.807, 2.05) is 6.92 Å². The minimum Gasteiger partial charge on any atom is -0.396 e. The Bertz CT molecular complexity index is 323. The van der Waals surface area contributed by atoms with Gasteiger partial charge in [0.25, 0.3) is 0 Å². The highest BCUT2D eigenvalue weighted by atomic mass is 16.2. The Morgan fingerprint density at radius 3 is 2.56 bits per heavy atom. The summed E-state index contributed by atoms with van der Waals surface area (Å²) in [5.74, 6) is 7.56. The zero-order chi connectivity index (χ0) is 13.2. The number of hydrogen-bond donors (Lipinski definition) is 4. The molecule has 1 rings (SSSR count). The van der Waals surface area contributed by atoms with E-state index in [0.29, 0.717) is 5.82 Å². The molecule has 5 N–H and O–H groups in total. The lowest BCUT2D eigenvalue weighted by atomic mass is 10.2. The van der Waals surface area contributed by atoms with Crippen molar-refractivity contribution >= 4 is 11.6 Å². The second kappa shape index (κ2) is 8.66. The lowest BCUT2D eigenvalue weighted by Gasteiger charge is -2.08. The number of aromatic nitrogens is 2. The largest absolute Gasteiger partial charge is 0.396 e. The third kappa shape index (κ3) is 5.29. The molecule has 18 heavy (non-hydrogen) atoms. The van der Waals surface area contributed by atoms with Crippen LogP contribution < -0.4 is 16.6 Å². The number of anilines is 2. The number of hydrogen-bond acceptors (Lipinski definition) is 6. The SMILES string of the molecule is CCc1nc(NN)cc(NCCCCCCO)n1. The summed E-state index contributed by atoms with van der Waals surface area (Å²) >= 11 is 0. The second-order valence-electron chi connectivity index (χ2n) is 4.12. The predicted octanol–water partition coefficient (Wildman–Crippen LogP) is 1.29. The molecule has 0 aliphatic heterocycles. The summed E-state index contributed by atoms with van der Waals surface area (Å²) in [7, 11) is 0. The van der Waals surface area contributed by atoms with Gasteiger partial charge in [-0.05, 0) is 12.8 Å². The van der Waals surface area contributed by atoms with E-state index in [4.69, 9.17) is 10.9 Å². The van der Waals surface area contributed by atoms with Crippen molar-refractivity contribution in [3.05, 3.63) is 11.9 Å². The van der Waals surface area contributed by atoms with Crippen LogP contribution in [0.5, 0.6) is 0 Å². The fourth-order valence-electron chi connectivity index (χ4n) is 1.63. The van der Waals surface area contributed by atoms with Gasteiger partial charge in [-0.25, -0.2) is 15.8 Å². The summed E-state index contributed by atoms with van der Waals surface area (Å²) in [6.45, 7) is 3.16. The van der Waals surface area contributed by atoms with Crippen molar-refractivity contribution in [1.29, 1.82) is 0 Å². The van der Waals surface area contributed by atoms with Gasteiger partial charge < -0.3 is 15.8 Å². The van der Waals surface area contributed by atoms with Gasteiger partial charge in [-0.1, -0.05) is 19.8 Å². The van der Waals surface area contributed by atoms with Crippen molar-refractivity contribution in [1.82, 2.24) is 9.97 Å². The van der Waals surface area contributed by atoms with E-state index in [1.165, 1.54) is 0 Å². The molecule has 0 aliphatic rings. The molecule has 0 unspecified atom stereocenters. The number of nitrogens with one attached hydrogen (secondary N) is 2. The summed E-state index contributed by atoms with van der Waals surface area (Å²) in [5, 5.41) is 11.9. The number of aryl methyl sites for hydroxylation is 1. The Labute approximate surface area is 108 Å². The van der Waals surface area contributed by atoms with Gasteiger partial charge in [0.05, 0.1) is 0 Å². The summed E-state index contributed by atoms with van der Waals surface area (Å²) < 4.78 is 0. The fourth-order valence-corrected chi connectivity index (χ4v) is 1.63. The van der Waals surface area contributed by atoms with Crippen molar-refractivity contribution in [2.24, 2.45) is 5.84 Å². The molecule has 0 bridgehead atoms. The van der Waals surface area contributed by atoms with Crippen LogP contribution >= 0.6 is 0 Å². The maximum absolute atomic E-state index is 8.66. The molecule has 0 saturated heterocycles. The van der Waals surface area contributed by atoms with Crippen LogP contribution in [0.4, 0.5) is 11.6 Å². The Kier molecular flexibility index (Phi) is 7.05. The summed E-state index contributed by atoms with van der Waals surface area (Å²) in [4.78, 5) is 8.60. The smallest absolute Gasteiger partial charge is 0.145 e. The van der Waals surface area contributed by atoms with Crippen LogP contribution in [0, 0.1) is 0 Å². The number of aliphatic hydroxyl groups is 1. The Hall–Kier alpha value is -1.40. The molecule has 1 aromatic rings. The minimum absolute atomic E-state index is 0.282. The van der Waals surface area contributed by atoms with Gasteiger partial charge in [0.2, 0.25) is 0 Å². The molecule has 0 amide bonds. The van der Waals surface area contributed by atoms with E-state index in [0.717, 1.165) is 50.3 Å². The van der Waals surface area contributed by atoms with Crippen molar-refractivity contribution < 1.29 is 5.11 Å². The molecule has 0 fully saturated rings. The number of nitrogens with two attached hydrogens (primary N) is 1. The Morgan fingerprint density at radius 2 is 1.89 bits per heavy atom. The molecule has 0 atom stereocenters. The van der Waals surface area contributed by atoms with Crippen LogP contribution in [0.3, 0.4) is 0 Å². The standard InChI is InChI=1S/C12H23N5O/c1-2-10-15-11(9-12(16-10)17-13)14-7-5-3-4-6-8-18/h9,18H,2-8,13H2,1H3,(H2,14,15,16,17). The van der Waals surface area contributed by atoms with Crippen molar-refractivity contribution in [3.8, 4) is 0 Å². The molecule has 0 aliphatic carbocycles. The maximum atomic E-state index is 8.66. The van der Waals surface area contributed by atoms with E-state index in [-0.39, 0.29) is 6.61 Å². The molecular weight excluding hydrogens is 230 g/mol. The molecular formula is C12H23N5O. The topological polar surface area (TPSA) is 96.1 Å². The lowest BCUT2D eigenvalue weighted by molar-refractivity contribution is 0.283. The monoisotopic (exact) mass is 253 g/mol. The van der Waals surface area contributed by atoms with Crippen LogP contribution in [-0.2, 0) is 6.42 Å². The first-order valence-electron chi connectivity index (χ1n) is 6.49. The van der Waals surface area contributed by atoms with Gasteiger partial charge in [-0.15, -0.1) is 0 Å². The summed E-state index contributed by atoms with van der Waals surface area (Å²) in [6.07, 6.45) is 4.91. The van der Waals surface area contributed by atoms with Crippen molar-refractivity contribution in [2.75, 3.05) is 23.9 Å². The first-order chi connectivity index (χ1) is 8.80. The highest BCUT2D eigenvalue weighted by Crippen LogP contribution is 2.11. The third-order valence-electron chi connectivity index (χ3n) is 2.63. The number of unbranched alkanes of at least 4 members (excludes halogenated alkanes) is 3. The van der Waals surface area contributed by atoms with Gasteiger partial charge in [-0.3, -0.25) is 0 Å². The molecule has 1 heterocycles. The van der Waals surface area contributed by atoms with Gasteiger partial charge in [0, 0.05) is 25.6 Å². The molecule has 6 heteroatoms. The highest BCUT2D eigenvalue weighted by molar-refractivity contribution is 5.46. The molecule has 0 saturated carbocycles. The normalized spacial score (nSPS) is 10.4. The number of aliphatic hydroxyl groups excluding tert-OH is 1. The Balaban J connectivity index is 2.36. The quantitative estimate of drug-likeness (QED) is 0.301. The maximum Gasteiger partial charge on any atom is 0.145 e. The van der Waals surface area contributed by atoms with E-state index in [9.17, 15) is 0 Å². The van der Waals surface area contributed by atoms with Crippen molar-refractivity contribution in [2.45, 2.75) is 39.0 Å². The molecule has 102 valence electrons. The van der Waals surface area contributed by atoms with Gasteiger partial charge in [0.15, 0.2) is 0 Å². The minimum atomic E-state index is 0.282. The number of rotatable bonds is 9. The molecule has 0 spiro atoms. The zero-order valence-corrected chi connectivity index (χ0v) is 10.9. The number of hydrazine groups is 1. The van der Waals surface area contributed by atoms with Gasteiger partial charge in [-0.2, -0.15) is 0 Å². The summed E-state index contributed by atoms with van der Waals surface area (Å²) in [5.41, 5.74) is 2.54. The van der Waals surface area contributed by atoms with Crippen LogP contribution in [0.1, 0.15) is 38.4 Å². The zero-order valence-electron chi connectivity index (χ0n) is 10.9. The average molecular weight is 253 g/mol. The first-order valence-corrected chi connectivity index (χ1v) is 6.49. The molecule has 6 nitrogen and oxygen atoms in total.